The summed E-state index contributed by atoms with van der Waals surface area (Å²) in [5.41, 5.74) is 5.83. The number of carbonyl (C=O) groups is 1. The van der Waals surface area contributed by atoms with Crippen LogP contribution in [0.3, 0.4) is 0 Å². The van der Waals surface area contributed by atoms with Gasteiger partial charge in [-0.25, -0.2) is 0 Å². The van der Waals surface area contributed by atoms with E-state index in [0.29, 0.717) is 0 Å². The van der Waals surface area contributed by atoms with Crippen molar-refractivity contribution in [3.8, 4) is 0 Å². The van der Waals surface area contributed by atoms with Gasteiger partial charge in [-0.05, 0) is 59.7 Å². The smallest absolute Gasteiger partial charge is 0.145 e. The van der Waals surface area contributed by atoms with Crippen molar-refractivity contribution < 1.29 is 4.79 Å². The Hall–Kier alpha value is -2.55. The fourth-order valence-electron chi connectivity index (χ4n) is 3.61. The second-order valence-corrected chi connectivity index (χ2v) is 7.73. The molecule has 0 unspecified atom stereocenters. The lowest BCUT2D eigenvalue weighted by atomic mass is 9.78. The standard InChI is InChI=1S/C25H34N2O/c1-7-19(18-28)17-20(8-2)25(21-9-13-23(14-10-21)26(3)4)22-11-15-24(16-12-22)27(5)6/h9-18,20,25H,7-8H2,1-6H3/b19-17+/t20-/m1/s1. The van der Waals surface area contributed by atoms with Crippen LogP contribution >= 0.6 is 0 Å². The Bertz CT molecular complexity index is 722. The van der Waals surface area contributed by atoms with Gasteiger partial charge in [-0.1, -0.05) is 44.2 Å². The van der Waals surface area contributed by atoms with Gasteiger partial charge in [-0.2, -0.15) is 0 Å². The Morgan fingerprint density at radius 1 is 0.821 bits per heavy atom. The summed E-state index contributed by atoms with van der Waals surface area (Å²) in [5, 5.41) is 0. The maximum Gasteiger partial charge on any atom is 0.145 e. The molecule has 0 radical (unpaired) electrons. The van der Waals surface area contributed by atoms with Crippen LogP contribution < -0.4 is 9.80 Å². The number of nitrogens with zero attached hydrogens (tertiary/aromatic N) is 2. The van der Waals surface area contributed by atoms with E-state index < -0.39 is 0 Å². The van der Waals surface area contributed by atoms with Crippen LogP contribution in [0.15, 0.2) is 60.2 Å². The zero-order chi connectivity index (χ0) is 20.7. The predicted octanol–water partition coefficient (Wildman–Crippen LogP) is 5.51. The number of allylic oxidation sites excluding steroid dienone is 2. The molecule has 0 aliphatic carbocycles. The van der Waals surface area contributed by atoms with Gasteiger partial charge in [-0.3, -0.25) is 4.79 Å². The number of aldehydes is 1. The van der Waals surface area contributed by atoms with Gasteiger partial charge >= 0.3 is 0 Å². The van der Waals surface area contributed by atoms with Crippen LogP contribution in [0.2, 0.25) is 0 Å². The maximum atomic E-state index is 11.4. The highest BCUT2D eigenvalue weighted by molar-refractivity contribution is 5.73. The second-order valence-electron chi connectivity index (χ2n) is 7.73. The molecule has 0 amide bonds. The van der Waals surface area contributed by atoms with Gasteiger partial charge in [0.1, 0.15) is 6.29 Å². The first-order chi connectivity index (χ1) is 13.4. The Morgan fingerprint density at radius 2 is 1.25 bits per heavy atom. The largest absolute Gasteiger partial charge is 0.378 e. The van der Waals surface area contributed by atoms with Crippen LogP contribution in [0.1, 0.15) is 43.7 Å². The summed E-state index contributed by atoms with van der Waals surface area (Å²) < 4.78 is 0. The van der Waals surface area contributed by atoms with E-state index in [1.165, 1.54) is 22.5 Å². The predicted molar refractivity (Wildman–Crippen MR) is 122 cm³/mol. The molecule has 0 fully saturated rings. The number of benzene rings is 2. The second kappa shape index (κ2) is 10.1. The molecular weight excluding hydrogens is 344 g/mol. The normalized spacial score (nSPS) is 12.8. The Kier molecular flexibility index (Phi) is 7.86. The zero-order valence-corrected chi connectivity index (χ0v) is 18.1. The lowest BCUT2D eigenvalue weighted by Gasteiger charge is -2.27. The minimum atomic E-state index is 0.221. The fourth-order valence-corrected chi connectivity index (χ4v) is 3.61. The molecule has 1 atom stereocenters. The molecule has 3 heteroatoms. The summed E-state index contributed by atoms with van der Waals surface area (Å²) in [5.74, 6) is 0.495. The number of rotatable bonds is 9. The molecular formula is C25H34N2O. The first kappa shape index (κ1) is 21.7. The van der Waals surface area contributed by atoms with Gasteiger partial charge in [0.25, 0.3) is 0 Å². The molecule has 2 aromatic carbocycles. The van der Waals surface area contributed by atoms with E-state index in [4.69, 9.17) is 0 Å². The van der Waals surface area contributed by atoms with E-state index in [1.54, 1.807) is 0 Å². The van der Waals surface area contributed by atoms with Crippen LogP contribution in [-0.4, -0.2) is 34.5 Å². The van der Waals surface area contributed by atoms with E-state index in [2.05, 4.69) is 99.5 Å². The molecule has 3 nitrogen and oxygen atoms in total. The third kappa shape index (κ3) is 5.25. The third-order valence-corrected chi connectivity index (χ3v) is 5.42. The maximum absolute atomic E-state index is 11.4. The molecule has 0 heterocycles. The van der Waals surface area contributed by atoms with E-state index in [1.807, 2.05) is 6.92 Å². The topological polar surface area (TPSA) is 23.6 Å². The van der Waals surface area contributed by atoms with Crippen molar-refractivity contribution in [2.24, 2.45) is 5.92 Å². The zero-order valence-electron chi connectivity index (χ0n) is 18.1. The molecule has 150 valence electrons. The van der Waals surface area contributed by atoms with E-state index in [0.717, 1.165) is 24.7 Å². The first-order valence-electron chi connectivity index (χ1n) is 10.1. The molecule has 2 aromatic rings. The van der Waals surface area contributed by atoms with Crippen molar-refractivity contribution in [2.75, 3.05) is 38.0 Å². The number of anilines is 2. The van der Waals surface area contributed by atoms with Crippen molar-refractivity contribution in [3.63, 3.8) is 0 Å². The summed E-state index contributed by atoms with van der Waals surface area (Å²) in [6.45, 7) is 4.24. The third-order valence-electron chi connectivity index (χ3n) is 5.42. The summed E-state index contributed by atoms with van der Waals surface area (Å²) in [6.07, 6.45) is 4.93. The Balaban J connectivity index is 2.53. The van der Waals surface area contributed by atoms with Crippen LogP contribution in [0.4, 0.5) is 11.4 Å². The van der Waals surface area contributed by atoms with Crippen molar-refractivity contribution in [3.05, 3.63) is 71.3 Å². The molecule has 0 aliphatic heterocycles. The summed E-state index contributed by atoms with van der Waals surface area (Å²) in [7, 11) is 8.23. The van der Waals surface area contributed by atoms with Gasteiger partial charge in [0.15, 0.2) is 0 Å². The molecule has 28 heavy (non-hydrogen) atoms. The SMILES string of the molecule is CC/C(C=O)=C\[C@@H](CC)C(c1ccc(N(C)C)cc1)c1ccc(N(C)C)cc1. The fraction of sp³-hybridized carbons (Fsp3) is 0.400. The molecule has 0 aliphatic rings. The minimum absolute atomic E-state index is 0.221. The number of hydrogen-bond donors (Lipinski definition) is 0. The van der Waals surface area contributed by atoms with Gasteiger partial charge in [0.05, 0.1) is 0 Å². The summed E-state index contributed by atoms with van der Waals surface area (Å²) >= 11 is 0. The number of carbonyl (C=O) groups excluding carboxylic acids is 1. The lowest BCUT2D eigenvalue weighted by molar-refractivity contribution is -0.105. The highest BCUT2D eigenvalue weighted by atomic mass is 16.1. The lowest BCUT2D eigenvalue weighted by Crippen LogP contribution is -2.15. The van der Waals surface area contributed by atoms with E-state index >= 15 is 0 Å². The highest BCUT2D eigenvalue weighted by Gasteiger charge is 2.23. The average molecular weight is 379 g/mol. The number of hydrogen-bond acceptors (Lipinski definition) is 3. The Labute approximate surface area is 170 Å². The van der Waals surface area contributed by atoms with Gasteiger partial charge < -0.3 is 9.80 Å². The molecule has 0 saturated heterocycles. The van der Waals surface area contributed by atoms with Crippen molar-refractivity contribution >= 4 is 17.7 Å². The summed E-state index contributed by atoms with van der Waals surface area (Å²) in [6, 6.07) is 17.6. The van der Waals surface area contributed by atoms with Crippen LogP contribution in [0.25, 0.3) is 0 Å². The van der Waals surface area contributed by atoms with Crippen molar-refractivity contribution in [2.45, 2.75) is 32.6 Å². The monoisotopic (exact) mass is 378 g/mol. The average Bonchev–Trinajstić information content (AvgIpc) is 2.71. The van der Waals surface area contributed by atoms with Gasteiger partial charge in [0.2, 0.25) is 0 Å². The van der Waals surface area contributed by atoms with Crippen LogP contribution in [0.5, 0.6) is 0 Å². The summed E-state index contributed by atoms with van der Waals surface area (Å²) in [4.78, 5) is 15.7. The molecule has 0 spiro atoms. The highest BCUT2D eigenvalue weighted by Crippen LogP contribution is 2.37. The molecule has 0 saturated carbocycles. The van der Waals surface area contributed by atoms with Crippen LogP contribution in [-0.2, 0) is 4.79 Å². The molecule has 0 N–H and O–H groups in total. The van der Waals surface area contributed by atoms with Crippen molar-refractivity contribution in [1.29, 1.82) is 0 Å². The van der Waals surface area contributed by atoms with Gasteiger partial charge in [-0.15, -0.1) is 0 Å². The molecule has 0 bridgehead atoms. The molecule has 0 aromatic heterocycles. The Morgan fingerprint density at radius 3 is 1.54 bits per heavy atom. The molecule has 2 rings (SSSR count). The van der Waals surface area contributed by atoms with E-state index in [9.17, 15) is 4.79 Å². The van der Waals surface area contributed by atoms with Crippen LogP contribution in [0, 0.1) is 5.92 Å². The quantitative estimate of drug-likeness (QED) is 0.424. The first-order valence-corrected chi connectivity index (χ1v) is 10.1. The van der Waals surface area contributed by atoms with E-state index in [-0.39, 0.29) is 11.8 Å². The van der Waals surface area contributed by atoms with Gasteiger partial charge in [0, 0.05) is 45.5 Å². The minimum Gasteiger partial charge on any atom is -0.378 e. The van der Waals surface area contributed by atoms with Crippen molar-refractivity contribution in [1.82, 2.24) is 0 Å².